The summed E-state index contributed by atoms with van der Waals surface area (Å²) in [5.41, 5.74) is 4.25. The van der Waals surface area contributed by atoms with E-state index in [1.807, 2.05) is 0 Å². The molecule has 4 aliphatic heterocycles. The minimum absolute atomic E-state index is 0.131. The van der Waals surface area contributed by atoms with Gasteiger partial charge in [0, 0.05) is 55.6 Å². The van der Waals surface area contributed by atoms with E-state index in [-0.39, 0.29) is 12.7 Å². The Morgan fingerprint density at radius 2 is 1.96 bits per heavy atom. The van der Waals surface area contributed by atoms with E-state index < -0.39 is 12.1 Å². The van der Waals surface area contributed by atoms with Crippen molar-refractivity contribution in [3.63, 3.8) is 0 Å². The standard InChI is InChI=1S/C33H45N7O5/c1-37-15-6-9-26(37)23-45-32-35-28-21-38(29-11-3-2-8-24(29)22-44-30-12-4-5-19-43-30)16-7-10-27(28)31(36-32)39-17-18-40(33(41)42)25(20-39)13-14-34/h2-3,8,11,25-26,30H,4-7,9-10,12-13,15-23H2,1H3,(H,41,42)/t25-,26-,30?/m0/s1. The molecule has 3 atom stereocenters. The number of hydrogen-bond acceptors (Lipinski definition) is 10. The van der Waals surface area contributed by atoms with Gasteiger partial charge in [-0.25, -0.2) is 4.79 Å². The summed E-state index contributed by atoms with van der Waals surface area (Å²) in [7, 11) is 2.13. The molecule has 0 radical (unpaired) electrons. The molecule has 2 aromatic rings. The van der Waals surface area contributed by atoms with Crippen LogP contribution in [-0.2, 0) is 29.0 Å². The van der Waals surface area contributed by atoms with Crippen molar-refractivity contribution >= 4 is 17.6 Å². The molecule has 1 aromatic carbocycles. The Morgan fingerprint density at radius 3 is 2.73 bits per heavy atom. The molecule has 3 fully saturated rings. The second-order valence-electron chi connectivity index (χ2n) is 12.5. The van der Waals surface area contributed by atoms with Crippen molar-refractivity contribution in [1.29, 1.82) is 5.26 Å². The Morgan fingerprint density at radius 1 is 1.07 bits per heavy atom. The topological polar surface area (TPSA) is 128 Å². The van der Waals surface area contributed by atoms with Crippen LogP contribution in [0.3, 0.4) is 0 Å². The number of likely N-dealkylation sites (tertiary alicyclic amines) is 1. The fourth-order valence-electron chi connectivity index (χ4n) is 7.03. The van der Waals surface area contributed by atoms with E-state index in [0.717, 1.165) is 93.0 Å². The third-order valence-corrected chi connectivity index (χ3v) is 9.57. The number of fused-ring (bicyclic) bond motifs is 1. The van der Waals surface area contributed by atoms with Crippen LogP contribution in [0.25, 0.3) is 0 Å². The van der Waals surface area contributed by atoms with Gasteiger partial charge in [0.25, 0.3) is 0 Å². The maximum atomic E-state index is 11.9. The zero-order valence-electron chi connectivity index (χ0n) is 26.3. The first-order valence-corrected chi connectivity index (χ1v) is 16.4. The first-order chi connectivity index (χ1) is 22.0. The number of ether oxygens (including phenoxy) is 3. The van der Waals surface area contributed by atoms with Crippen molar-refractivity contribution in [2.45, 2.75) is 82.9 Å². The highest BCUT2D eigenvalue weighted by Gasteiger charge is 2.34. The van der Waals surface area contributed by atoms with Crippen molar-refractivity contribution < 1.29 is 24.1 Å². The van der Waals surface area contributed by atoms with Crippen LogP contribution in [-0.4, -0.2) is 102 Å². The average molecular weight is 620 g/mol. The van der Waals surface area contributed by atoms with Crippen LogP contribution in [0.5, 0.6) is 6.01 Å². The molecule has 1 N–H and O–H groups in total. The largest absolute Gasteiger partial charge is 0.465 e. The molecule has 45 heavy (non-hydrogen) atoms. The summed E-state index contributed by atoms with van der Waals surface area (Å²) in [6.45, 7) is 5.47. The zero-order valence-corrected chi connectivity index (χ0v) is 26.3. The lowest BCUT2D eigenvalue weighted by molar-refractivity contribution is -0.168. The van der Waals surface area contributed by atoms with E-state index in [9.17, 15) is 15.2 Å². The lowest BCUT2D eigenvalue weighted by atomic mass is 10.1. The van der Waals surface area contributed by atoms with Crippen molar-refractivity contribution in [3.8, 4) is 12.1 Å². The molecule has 4 aliphatic rings. The Kier molecular flexibility index (Phi) is 10.2. The van der Waals surface area contributed by atoms with Crippen molar-refractivity contribution in [2.24, 2.45) is 0 Å². The van der Waals surface area contributed by atoms with Gasteiger partial charge < -0.3 is 38.9 Å². The molecule has 1 aromatic heterocycles. The number of piperazine rings is 1. The van der Waals surface area contributed by atoms with Crippen molar-refractivity contribution in [1.82, 2.24) is 19.8 Å². The summed E-state index contributed by atoms with van der Waals surface area (Å²) in [5, 5.41) is 19.2. The first kappa shape index (κ1) is 31.3. The van der Waals surface area contributed by atoms with Gasteiger partial charge in [-0.1, -0.05) is 18.2 Å². The Hall–Kier alpha value is -3.66. The minimum Gasteiger partial charge on any atom is -0.465 e. The van der Waals surface area contributed by atoms with Crippen LogP contribution in [0.4, 0.5) is 16.3 Å². The average Bonchev–Trinajstić information content (AvgIpc) is 3.35. The fourth-order valence-corrected chi connectivity index (χ4v) is 7.03. The predicted octanol–water partition coefficient (Wildman–Crippen LogP) is 4.03. The third-order valence-electron chi connectivity index (χ3n) is 9.57. The maximum absolute atomic E-state index is 11.9. The number of para-hydroxylation sites is 1. The second-order valence-corrected chi connectivity index (χ2v) is 12.5. The molecule has 0 saturated carbocycles. The number of aromatic nitrogens is 2. The van der Waals surface area contributed by atoms with Gasteiger partial charge >= 0.3 is 12.1 Å². The molecule has 6 rings (SSSR count). The number of nitrogens with zero attached hydrogens (tertiary/aromatic N) is 7. The molecular weight excluding hydrogens is 574 g/mol. The summed E-state index contributed by atoms with van der Waals surface area (Å²) in [4.78, 5) is 30.1. The van der Waals surface area contributed by atoms with E-state index in [1.54, 1.807) is 0 Å². The van der Waals surface area contributed by atoms with Crippen LogP contribution in [0.15, 0.2) is 24.3 Å². The molecule has 1 amide bonds. The van der Waals surface area contributed by atoms with Gasteiger partial charge in [-0.2, -0.15) is 15.2 Å². The van der Waals surface area contributed by atoms with E-state index >= 15 is 0 Å². The van der Waals surface area contributed by atoms with Gasteiger partial charge in [-0.05, 0) is 64.6 Å². The molecule has 3 saturated heterocycles. The SMILES string of the molecule is CN1CCC[C@H]1COc1nc2c(c(N3CCN(C(=O)O)[C@@H](CC#N)C3)n1)CCCN(c1ccccc1COC1CCCCO1)C2. The number of amides is 1. The molecular formula is C33H45N7O5. The lowest BCUT2D eigenvalue weighted by Gasteiger charge is -2.40. The third kappa shape index (κ3) is 7.43. The Labute approximate surface area is 265 Å². The van der Waals surface area contributed by atoms with Gasteiger partial charge in [0.05, 0.1) is 37.4 Å². The number of hydrogen-bond donors (Lipinski definition) is 1. The van der Waals surface area contributed by atoms with Crippen LogP contribution in [0.1, 0.15) is 61.8 Å². The molecule has 5 heterocycles. The van der Waals surface area contributed by atoms with Crippen molar-refractivity contribution in [3.05, 3.63) is 41.1 Å². The van der Waals surface area contributed by atoms with Gasteiger partial charge in [0.2, 0.25) is 0 Å². The number of nitriles is 1. The van der Waals surface area contributed by atoms with Gasteiger partial charge in [-0.3, -0.25) is 0 Å². The summed E-state index contributed by atoms with van der Waals surface area (Å²) in [6, 6.07) is 10.8. The normalized spacial score (nSPS) is 24.2. The summed E-state index contributed by atoms with van der Waals surface area (Å²) >= 11 is 0. The summed E-state index contributed by atoms with van der Waals surface area (Å²) < 4.78 is 18.3. The summed E-state index contributed by atoms with van der Waals surface area (Å²) in [5.74, 6) is 0.802. The van der Waals surface area contributed by atoms with E-state index in [4.69, 9.17) is 24.2 Å². The number of benzene rings is 1. The fraction of sp³-hybridized carbons (Fsp3) is 0.636. The van der Waals surface area contributed by atoms with Crippen LogP contribution >= 0.6 is 0 Å². The van der Waals surface area contributed by atoms with Crippen LogP contribution in [0.2, 0.25) is 0 Å². The smallest absolute Gasteiger partial charge is 0.407 e. The predicted molar refractivity (Wildman–Crippen MR) is 168 cm³/mol. The molecule has 0 bridgehead atoms. The quantitative estimate of drug-likeness (QED) is 0.437. The highest BCUT2D eigenvalue weighted by Crippen LogP contribution is 2.33. The lowest BCUT2D eigenvalue weighted by Crippen LogP contribution is -2.55. The van der Waals surface area contributed by atoms with E-state index in [0.29, 0.717) is 51.4 Å². The molecule has 12 heteroatoms. The number of carboxylic acid groups (broad SMARTS) is 1. The Bertz CT molecular complexity index is 1360. The van der Waals surface area contributed by atoms with E-state index in [2.05, 4.69) is 52.1 Å². The molecule has 1 unspecified atom stereocenters. The molecule has 242 valence electrons. The first-order valence-electron chi connectivity index (χ1n) is 16.4. The van der Waals surface area contributed by atoms with Gasteiger partial charge in [0.1, 0.15) is 12.4 Å². The van der Waals surface area contributed by atoms with Crippen LogP contribution < -0.4 is 14.5 Å². The molecule has 0 aliphatic carbocycles. The van der Waals surface area contributed by atoms with Crippen molar-refractivity contribution in [2.75, 3.05) is 62.8 Å². The monoisotopic (exact) mass is 619 g/mol. The maximum Gasteiger partial charge on any atom is 0.407 e. The highest BCUT2D eigenvalue weighted by atomic mass is 16.7. The van der Waals surface area contributed by atoms with Gasteiger partial charge in [0.15, 0.2) is 6.29 Å². The zero-order chi connectivity index (χ0) is 31.2. The second kappa shape index (κ2) is 14.6. The summed E-state index contributed by atoms with van der Waals surface area (Å²) in [6.07, 6.45) is 6.07. The molecule has 12 nitrogen and oxygen atoms in total. The van der Waals surface area contributed by atoms with E-state index in [1.165, 1.54) is 4.90 Å². The van der Waals surface area contributed by atoms with Crippen LogP contribution in [0, 0.1) is 11.3 Å². The van der Waals surface area contributed by atoms with Gasteiger partial charge in [-0.15, -0.1) is 0 Å². The number of rotatable bonds is 9. The number of carbonyl (C=O) groups is 1. The number of anilines is 2. The minimum atomic E-state index is -0.991. The highest BCUT2D eigenvalue weighted by molar-refractivity contribution is 5.66. The number of likely N-dealkylation sites (N-methyl/N-ethyl adjacent to an activating group) is 1. The molecule has 0 spiro atoms. The Balaban J connectivity index is 1.28.